The number of carbonyl (C=O) groups is 4. The van der Waals surface area contributed by atoms with Gasteiger partial charge in [-0.3, -0.25) is 30.0 Å². The number of carbonyl (C=O) groups excluding carboxylic acids is 4. The van der Waals surface area contributed by atoms with Crippen LogP contribution in [-0.4, -0.2) is 30.2 Å². The average molecular weight is 327 g/mol. The summed E-state index contributed by atoms with van der Waals surface area (Å²) in [6, 6.07) is 6.30. The zero-order chi connectivity index (χ0) is 16.5. The summed E-state index contributed by atoms with van der Waals surface area (Å²) in [6.07, 6.45) is -0.178. The molecule has 0 bridgehead atoms. The molecular formula is C14H15ClN2O5. The van der Waals surface area contributed by atoms with E-state index in [2.05, 4.69) is 10.2 Å². The van der Waals surface area contributed by atoms with Gasteiger partial charge in [-0.1, -0.05) is 11.6 Å². The first-order valence-corrected chi connectivity index (χ1v) is 6.76. The standard InChI is InChI=1S/C14H15ClN2O5/c1-9(18)16-17-13(20)8-22-14(21)7-6-12(19)10-2-4-11(15)5-3-10/h2-5H,6-8H2,1H3,(H,16,18)(H,17,20). The van der Waals surface area contributed by atoms with E-state index >= 15 is 0 Å². The number of ether oxygens (including phenoxy) is 1. The van der Waals surface area contributed by atoms with Gasteiger partial charge in [0.1, 0.15) is 0 Å². The molecule has 0 aliphatic rings. The smallest absolute Gasteiger partial charge is 0.306 e. The molecule has 118 valence electrons. The highest BCUT2D eigenvalue weighted by atomic mass is 35.5. The fourth-order valence-electron chi connectivity index (χ4n) is 1.41. The lowest BCUT2D eigenvalue weighted by Gasteiger charge is -2.06. The molecule has 2 N–H and O–H groups in total. The first kappa shape index (κ1) is 17.6. The lowest BCUT2D eigenvalue weighted by atomic mass is 10.1. The van der Waals surface area contributed by atoms with Crippen LogP contribution in [0.5, 0.6) is 0 Å². The van der Waals surface area contributed by atoms with Gasteiger partial charge in [0.05, 0.1) is 6.42 Å². The number of benzene rings is 1. The largest absolute Gasteiger partial charge is 0.455 e. The van der Waals surface area contributed by atoms with Crippen molar-refractivity contribution in [3.63, 3.8) is 0 Å². The number of hydrazine groups is 1. The highest BCUT2D eigenvalue weighted by Crippen LogP contribution is 2.12. The SMILES string of the molecule is CC(=O)NNC(=O)COC(=O)CCC(=O)c1ccc(Cl)cc1. The van der Waals surface area contributed by atoms with Crippen LogP contribution in [0, 0.1) is 0 Å². The molecule has 1 rings (SSSR count). The predicted molar refractivity (Wildman–Crippen MR) is 77.9 cm³/mol. The van der Waals surface area contributed by atoms with Crippen LogP contribution in [0.1, 0.15) is 30.1 Å². The van der Waals surface area contributed by atoms with Crippen LogP contribution in [0.2, 0.25) is 5.02 Å². The fourth-order valence-corrected chi connectivity index (χ4v) is 1.53. The number of amides is 2. The van der Waals surface area contributed by atoms with E-state index in [0.717, 1.165) is 0 Å². The van der Waals surface area contributed by atoms with Gasteiger partial charge in [0.15, 0.2) is 12.4 Å². The molecule has 22 heavy (non-hydrogen) atoms. The Balaban J connectivity index is 2.28. The van der Waals surface area contributed by atoms with Crippen molar-refractivity contribution < 1.29 is 23.9 Å². The van der Waals surface area contributed by atoms with E-state index in [1.165, 1.54) is 6.92 Å². The summed E-state index contributed by atoms with van der Waals surface area (Å²) < 4.78 is 4.67. The van der Waals surface area contributed by atoms with Crippen molar-refractivity contribution in [3.05, 3.63) is 34.9 Å². The number of hydrogen-bond acceptors (Lipinski definition) is 5. The molecule has 0 unspecified atom stereocenters. The molecule has 2 amide bonds. The van der Waals surface area contributed by atoms with Crippen molar-refractivity contribution in [2.45, 2.75) is 19.8 Å². The third-order valence-electron chi connectivity index (χ3n) is 2.46. The van der Waals surface area contributed by atoms with E-state index < -0.39 is 24.4 Å². The van der Waals surface area contributed by atoms with Gasteiger partial charge in [0.25, 0.3) is 5.91 Å². The van der Waals surface area contributed by atoms with E-state index in [0.29, 0.717) is 10.6 Å². The third kappa shape index (κ3) is 6.85. The van der Waals surface area contributed by atoms with Crippen molar-refractivity contribution in [2.24, 2.45) is 0 Å². The summed E-state index contributed by atoms with van der Waals surface area (Å²) in [5.41, 5.74) is 4.53. The Morgan fingerprint density at radius 3 is 2.27 bits per heavy atom. The summed E-state index contributed by atoms with van der Waals surface area (Å²) in [4.78, 5) is 44.9. The van der Waals surface area contributed by atoms with E-state index in [-0.39, 0.29) is 18.6 Å². The van der Waals surface area contributed by atoms with E-state index in [4.69, 9.17) is 11.6 Å². The maximum atomic E-state index is 11.8. The number of nitrogens with one attached hydrogen (secondary N) is 2. The fraction of sp³-hybridized carbons (Fsp3) is 0.286. The second-order valence-electron chi connectivity index (χ2n) is 4.32. The van der Waals surface area contributed by atoms with Gasteiger partial charge in [0, 0.05) is 23.9 Å². The molecule has 7 nitrogen and oxygen atoms in total. The lowest BCUT2D eigenvalue weighted by Crippen LogP contribution is -2.42. The Bertz CT molecular complexity index is 571. The van der Waals surface area contributed by atoms with Crippen LogP contribution in [0.3, 0.4) is 0 Å². The highest BCUT2D eigenvalue weighted by Gasteiger charge is 2.12. The third-order valence-corrected chi connectivity index (χ3v) is 2.72. The first-order valence-electron chi connectivity index (χ1n) is 6.38. The molecule has 0 aliphatic heterocycles. The van der Waals surface area contributed by atoms with Crippen LogP contribution in [0.25, 0.3) is 0 Å². The van der Waals surface area contributed by atoms with Gasteiger partial charge in [-0.25, -0.2) is 0 Å². The first-order chi connectivity index (χ1) is 10.4. The minimum Gasteiger partial charge on any atom is -0.455 e. The van der Waals surface area contributed by atoms with Crippen molar-refractivity contribution in [3.8, 4) is 0 Å². The second kappa shape index (κ2) is 8.78. The molecule has 0 fully saturated rings. The molecule has 0 aromatic heterocycles. The van der Waals surface area contributed by atoms with E-state index in [9.17, 15) is 19.2 Å². The predicted octanol–water partition coefficient (Wildman–Crippen LogP) is 1.01. The maximum Gasteiger partial charge on any atom is 0.306 e. The maximum absolute atomic E-state index is 11.8. The number of halogens is 1. The molecule has 1 aromatic carbocycles. The normalized spacial score (nSPS) is 9.73. The van der Waals surface area contributed by atoms with Crippen molar-refractivity contribution in [1.29, 1.82) is 0 Å². The Labute approximate surface area is 131 Å². The average Bonchev–Trinajstić information content (AvgIpc) is 2.49. The lowest BCUT2D eigenvalue weighted by molar-refractivity contribution is -0.148. The molecule has 0 spiro atoms. The van der Waals surface area contributed by atoms with E-state index in [1.54, 1.807) is 24.3 Å². The minimum absolute atomic E-state index is 0.0339. The molecule has 0 atom stereocenters. The Kier molecular flexibility index (Phi) is 7.04. The monoisotopic (exact) mass is 326 g/mol. The highest BCUT2D eigenvalue weighted by molar-refractivity contribution is 6.30. The number of Topliss-reactive ketones (excluding diaryl/α,β-unsaturated/α-hetero) is 1. The second-order valence-corrected chi connectivity index (χ2v) is 4.76. The Hall–Kier alpha value is -2.41. The van der Waals surface area contributed by atoms with Gasteiger partial charge in [-0.05, 0) is 24.3 Å². The van der Waals surface area contributed by atoms with Gasteiger partial charge in [-0.2, -0.15) is 0 Å². The van der Waals surface area contributed by atoms with Crippen molar-refractivity contribution in [1.82, 2.24) is 10.9 Å². The number of rotatable bonds is 6. The molecule has 0 saturated carbocycles. The van der Waals surface area contributed by atoms with Crippen molar-refractivity contribution >= 4 is 35.2 Å². The molecule has 1 aromatic rings. The summed E-state index contributed by atoms with van der Waals surface area (Å²) in [6.45, 7) is 0.683. The summed E-state index contributed by atoms with van der Waals surface area (Å²) in [5.74, 6) is -2.03. The Morgan fingerprint density at radius 1 is 1.05 bits per heavy atom. The van der Waals surface area contributed by atoms with Crippen molar-refractivity contribution in [2.75, 3.05) is 6.61 Å². The van der Waals surface area contributed by atoms with Gasteiger partial charge >= 0.3 is 5.97 Å². The zero-order valence-electron chi connectivity index (χ0n) is 11.8. The van der Waals surface area contributed by atoms with Crippen LogP contribution in [0.4, 0.5) is 0 Å². The molecule has 8 heteroatoms. The summed E-state index contributed by atoms with van der Waals surface area (Å²) in [5, 5.41) is 0.515. The zero-order valence-corrected chi connectivity index (χ0v) is 12.6. The summed E-state index contributed by atoms with van der Waals surface area (Å²) >= 11 is 5.71. The molecule has 0 heterocycles. The Morgan fingerprint density at radius 2 is 1.68 bits per heavy atom. The van der Waals surface area contributed by atoms with Gasteiger partial charge < -0.3 is 4.74 Å². The van der Waals surface area contributed by atoms with Crippen LogP contribution in [0.15, 0.2) is 24.3 Å². The number of ketones is 1. The molecule has 0 aliphatic carbocycles. The van der Waals surface area contributed by atoms with Gasteiger partial charge in [0.2, 0.25) is 5.91 Å². The molecular weight excluding hydrogens is 312 g/mol. The quantitative estimate of drug-likeness (QED) is 0.461. The van der Waals surface area contributed by atoms with Crippen LogP contribution in [-0.2, 0) is 19.1 Å². The molecule has 0 radical (unpaired) electrons. The number of esters is 1. The van der Waals surface area contributed by atoms with Gasteiger partial charge in [-0.15, -0.1) is 0 Å². The van der Waals surface area contributed by atoms with E-state index in [1.807, 2.05) is 5.43 Å². The minimum atomic E-state index is -0.680. The van der Waals surface area contributed by atoms with Crippen LogP contribution >= 0.6 is 11.6 Å². The molecule has 0 saturated heterocycles. The summed E-state index contributed by atoms with van der Waals surface area (Å²) in [7, 11) is 0. The number of hydrogen-bond donors (Lipinski definition) is 2. The van der Waals surface area contributed by atoms with Crippen LogP contribution < -0.4 is 10.9 Å². The topological polar surface area (TPSA) is 102 Å².